The first kappa shape index (κ1) is 15.0. The van der Waals surface area contributed by atoms with Gasteiger partial charge in [-0.15, -0.1) is 0 Å². The van der Waals surface area contributed by atoms with Crippen LogP contribution in [-0.4, -0.2) is 34.8 Å². The SMILES string of the molecule is CCCNC(=O)COC(=O)c1c(N)c(CC)nn1C. The van der Waals surface area contributed by atoms with Crippen molar-refractivity contribution in [3.63, 3.8) is 0 Å². The van der Waals surface area contributed by atoms with Crippen LogP contribution >= 0.6 is 0 Å². The number of hydrogen-bond acceptors (Lipinski definition) is 5. The Morgan fingerprint density at radius 3 is 2.63 bits per heavy atom. The third-order valence-electron chi connectivity index (χ3n) is 2.60. The van der Waals surface area contributed by atoms with Crippen molar-refractivity contribution in [3.05, 3.63) is 11.4 Å². The fraction of sp³-hybridized carbons (Fsp3) is 0.583. The van der Waals surface area contributed by atoms with Gasteiger partial charge in [-0.1, -0.05) is 13.8 Å². The van der Waals surface area contributed by atoms with Crippen molar-refractivity contribution in [3.8, 4) is 0 Å². The maximum atomic E-state index is 11.9. The van der Waals surface area contributed by atoms with Gasteiger partial charge in [0.25, 0.3) is 5.91 Å². The highest BCUT2D eigenvalue weighted by Crippen LogP contribution is 2.17. The van der Waals surface area contributed by atoms with Gasteiger partial charge in [-0.05, 0) is 12.8 Å². The lowest BCUT2D eigenvalue weighted by Crippen LogP contribution is -2.29. The molecule has 0 aliphatic rings. The number of hydrogen-bond donors (Lipinski definition) is 2. The minimum Gasteiger partial charge on any atom is -0.451 e. The molecule has 0 spiro atoms. The van der Waals surface area contributed by atoms with E-state index in [0.29, 0.717) is 24.3 Å². The van der Waals surface area contributed by atoms with E-state index in [1.165, 1.54) is 4.68 Å². The molecule has 0 aromatic carbocycles. The van der Waals surface area contributed by atoms with Crippen molar-refractivity contribution < 1.29 is 14.3 Å². The average molecular weight is 268 g/mol. The molecule has 19 heavy (non-hydrogen) atoms. The molecule has 106 valence electrons. The lowest BCUT2D eigenvalue weighted by molar-refractivity contribution is -0.124. The minimum absolute atomic E-state index is 0.181. The largest absolute Gasteiger partial charge is 0.451 e. The summed E-state index contributed by atoms with van der Waals surface area (Å²) in [7, 11) is 1.61. The first-order chi connectivity index (χ1) is 9.01. The number of nitrogen functional groups attached to an aromatic ring is 1. The second-order valence-electron chi connectivity index (χ2n) is 4.11. The molecule has 0 saturated carbocycles. The lowest BCUT2D eigenvalue weighted by Gasteiger charge is -2.06. The van der Waals surface area contributed by atoms with Crippen LogP contribution < -0.4 is 11.1 Å². The van der Waals surface area contributed by atoms with E-state index in [0.717, 1.165) is 6.42 Å². The van der Waals surface area contributed by atoms with Crippen LogP contribution in [0.1, 0.15) is 36.5 Å². The summed E-state index contributed by atoms with van der Waals surface area (Å²) in [5.74, 6) is -0.967. The fourth-order valence-corrected chi connectivity index (χ4v) is 1.61. The van der Waals surface area contributed by atoms with Gasteiger partial charge in [-0.3, -0.25) is 9.48 Å². The Hall–Kier alpha value is -2.05. The molecule has 7 nitrogen and oxygen atoms in total. The fourth-order valence-electron chi connectivity index (χ4n) is 1.61. The summed E-state index contributed by atoms with van der Waals surface area (Å²) in [4.78, 5) is 23.2. The van der Waals surface area contributed by atoms with Crippen LogP contribution in [0, 0.1) is 0 Å². The second-order valence-corrected chi connectivity index (χ2v) is 4.11. The molecule has 7 heteroatoms. The topological polar surface area (TPSA) is 99.2 Å². The standard InChI is InChI=1S/C12H20N4O3/c1-4-6-14-9(17)7-19-12(18)11-10(13)8(5-2)15-16(11)3/h4-7,13H2,1-3H3,(H,14,17). The zero-order valence-corrected chi connectivity index (χ0v) is 11.5. The quantitative estimate of drug-likeness (QED) is 0.720. The van der Waals surface area contributed by atoms with E-state index in [1.54, 1.807) is 7.05 Å². The lowest BCUT2D eigenvalue weighted by atomic mass is 10.2. The van der Waals surface area contributed by atoms with Gasteiger partial charge >= 0.3 is 5.97 Å². The molecular weight excluding hydrogens is 248 g/mol. The van der Waals surface area contributed by atoms with Crippen LogP contribution in [0.4, 0.5) is 5.69 Å². The maximum absolute atomic E-state index is 11.9. The molecule has 1 aromatic heterocycles. The Bertz CT molecular complexity index is 468. The van der Waals surface area contributed by atoms with E-state index in [1.807, 2.05) is 13.8 Å². The van der Waals surface area contributed by atoms with Crippen LogP contribution in [0.2, 0.25) is 0 Å². The summed E-state index contributed by atoms with van der Waals surface area (Å²) < 4.78 is 6.29. The van der Waals surface area contributed by atoms with Crippen LogP contribution in [0.3, 0.4) is 0 Å². The number of nitrogens with zero attached hydrogens (tertiary/aromatic N) is 2. The summed E-state index contributed by atoms with van der Waals surface area (Å²) in [5, 5.41) is 6.73. The van der Waals surface area contributed by atoms with Crippen LogP contribution in [-0.2, 0) is 23.0 Å². The molecule has 1 heterocycles. The van der Waals surface area contributed by atoms with E-state index >= 15 is 0 Å². The van der Waals surface area contributed by atoms with Gasteiger partial charge in [0.05, 0.1) is 11.4 Å². The zero-order chi connectivity index (χ0) is 14.4. The van der Waals surface area contributed by atoms with Crippen molar-refractivity contribution in [1.29, 1.82) is 0 Å². The molecule has 1 amide bonds. The number of nitrogens with one attached hydrogen (secondary N) is 1. The molecule has 0 aliphatic heterocycles. The number of amides is 1. The molecule has 0 unspecified atom stereocenters. The average Bonchev–Trinajstić information content (AvgIpc) is 2.68. The van der Waals surface area contributed by atoms with E-state index in [-0.39, 0.29) is 18.2 Å². The first-order valence-corrected chi connectivity index (χ1v) is 6.26. The third-order valence-corrected chi connectivity index (χ3v) is 2.60. The van der Waals surface area contributed by atoms with Crippen molar-refractivity contribution in [2.45, 2.75) is 26.7 Å². The summed E-state index contributed by atoms with van der Waals surface area (Å²) >= 11 is 0. The zero-order valence-electron chi connectivity index (χ0n) is 11.5. The molecular formula is C12H20N4O3. The molecule has 1 rings (SSSR count). The second kappa shape index (κ2) is 6.77. The molecule has 0 radical (unpaired) electrons. The summed E-state index contributed by atoms with van der Waals surface area (Å²) in [6.45, 7) is 4.08. The van der Waals surface area contributed by atoms with Crippen molar-refractivity contribution in [2.75, 3.05) is 18.9 Å². The van der Waals surface area contributed by atoms with Gasteiger partial charge < -0.3 is 15.8 Å². The number of aromatic nitrogens is 2. The summed E-state index contributed by atoms with van der Waals surface area (Å²) in [6, 6.07) is 0. The minimum atomic E-state index is -0.640. The van der Waals surface area contributed by atoms with E-state index in [4.69, 9.17) is 10.5 Å². The van der Waals surface area contributed by atoms with Gasteiger partial charge in [-0.25, -0.2) is 4.79 Å². The van der Waals surface area contributed by atoms with Crippen molar-refractivity contribution >= 4 is 17.6 Å². The first-order valence-electron chi connectivity index (χ1n) is 6.26. The number of nitrogens with two attached hydrogens (primary N) is 1. The predicted octanol–water partition coefficient (Wildman–Crippen LogP) is 0.248. The van der Waals surface area contributed by atoms with Gasteiger partial charge in [0.15, 0.2) is 12.3 Å². The number of carbonyl (C=O) groups excluding carboxylic acids is 2. The van der Waals surface area contributed by atoms with E-state index in [9.17, 15) is 9.59 Å². The monoisotopic (exact) mass is 268 g/mol. The Morgan fingerprint density at radius 2 is 2.11 bits per heavy atom. The third kappa shape index (κ3) is 3.70. The number of anilines is 1. The molecule has 0 bridgehead atoms. The van der Waals surface area contributed by atoms with Crippen molar-refractivity contribution in [2.24, 2.45) is 7.05 Å². The van der Waals surface area contributed by atoms with Gasteiger partial charge in [-0.2, -0.15) is 5.10 Å². The Labute approximate surface area is 112 Å². The molecule has 0 fully saturated rings. The summed E-state index contributed by atoms with van der Waals surface area (Å²) in [5.41, 5.74) is 6.95. The predicted molar refractivity (Wildman–Crippen MR) is 70.6 cm³/mol. The van der Waals surface area contributed by atoms with Crippen LogP contribution in [0.15, 0.2) is 0 Å². The molecule has 0 saturated heterocycles. The number of esters is 1. The number of aryl methyl sites for hydroxylation is 2. The summed E-state index contributed by atoms with van der Waals surface area (Å²) in [6.07, 6.45) is 1.46. The molecule has 0 aliphatic carbocycles. The Kier molecular flexibility index (Phi) is 5.35. The normalized spacial score (nSPS) is 10.3. The Morgan fingerprint density at radius 1 is 1.42 bits per heavy atom. The molecule has 3 N–H and O–H groups in total. The van der Waals surface area contributed by atoms with Crippen LogP contribution in [0.5, 0.6) is 0 Å². The number of carbonyl (C=O) groups is 2. The smallest absolute Gasteiger partial charge is 0.359 e. The van der Waals surface area contributed by atoms with E-state index in [2.05, 4.69) is 10.4 Å². The van der Waals surface area contributed by atoms with E-state index < -0.39 is 5.97 Å². The number of ether oxygens (including phenoxy) is 1. The highest BCUT2D eigenvalue weighted by molar-refractivity contribution is 5.95. The van der Waals surface area contributed by atoms with Gasteiger partial charge in [0.1, 0.15) is 0 Å². The molecule has 1 aromatic rings. The molecule has 0 atom stereocenters. The maximum Gasteiger partial charge on any atom is 0.359 e. The number of rotatable bonds is 6. The Balaban J connectivity index is 2.64. The highest BCUT2D eigenvalue weighted by atomic mass is 16.5. The highest BCUT2D eigenvalue weighted by Gasteiger charge is 2.21. The van der Waals surface area contributed by atoms with Crippen LogP contribution in [0.25, 0.3) is 0 Å². The van der Waals surface area contributed by atoms with Gasteiger partial charge in [0, 0.05) is 13.6 Å². The van der Waals surface area contributed by atoms with Crippen molar-refractivity contribution in [1.82, 2.24) is 15.1 Å². The van der Waals surface area contributed by atoms with Gasteiger partial charge in [0.2, 0.25) is 0 Å².